The second-order valence-corrected chi connectivity index (χ2v) is 7.80. The molecule has 0 heterocycles. The highest BCUT2D eigenvalue weighted by molar-refractivity contribution is 7.89. The predicted molar refractivity (Wildman–Crippen MR) is 79.1 cm³/mol. The maximum atomic E-state index is 12.3. The fourth-order valence-electron chi connectivity index (χ4n) is 1.52. The molecule has 0 aliphatic rings. The second kappa shape index (κ2) is 5.97. The molecule has 7 heteroatoms. The third kappa shape index (κ3) is 4.07. The standard InChI is InChI=1S/C12H18Cl2N2O2S/c1-12(2,3)10(7-15)16-19(17,18)9-6-4-5-8(13)11(9)14/h4-6,10,16H,7,15H2,1-3H3. The molecule has 19 heavy (non-hydrogen) atoms. The van der Waals surface area contributed by atoms with Crippen LogP contribution in [0.5, 0.6) is 0 Å². The van der Waals surface area contributed by atoms with E-state index in [0.717, 1.165) is 0 Å². The Morgan fingerprint density at radius 1 is 1.32 bits per heavy atom. The molecule has 1 aromatic rings. The summed E-state index contributed by atoms with van der Waals surface area (Å²) in [6.45, 7) is 5.92. The summed E-state index contributed by atoms with van der Waals surface area (Å²) < 4.78 is 27.2. The zero-order valence-electron chi connectivity index (χ0n) is 11.1. The Morgan fingerprint density at radius 3 is 2.37 bits per heavy atom. The Morgan fingerprint density at radius 2 is 1.89 bits per heavy atom. The first kappa shape index (κ1) is 16.7. The third-order valence-electron chi connectivity index (χ3n) is 2.78. The SMILES string of the molecule is CC(C)(C)C(CN)NS(=O)(=O)c1cccc(Cl)c1Cl. The van der Waals surface area contributed by atoms with Crippen molar-refractivity contribution in [2.75, 3.05) is 6.54 Å². The van der Waals surface area contributed by atoms with Crippen LogP contribution in [0.2, 0.25) is 10.0 Å². The first-order valence-corrected chi connectivity index (χ1v) is 8.00. The number of benzene rings is 1. The lowest BCUT2D eigenvalue weighted by atomic mass is 9.88. The molecule has 3 N–H and O–H groups in total. The summed E-state index contributed by atoms with van der Waals surface area (Å²) in [4.78, 5) is -0.0376. The van der Waals surface area contributed by atoms with Crippen molar-refractivity contribution in [2.45, 2.75) is 31.7 Å². The zero-order chi connectivity index (χ0) is 14.8. The van der Waals surface area contributed by atoms with Gasteiger partial charge >= 0.3 is 0 Å². The summed E-state index contributed by atoms with van der Waals surface area (Å²) >= 11 is 11.8. The van der Waals surface area contributed by atoms with Gasteiger partial charge in [0.1, 0.15) is 4.90 Å². The third-order valence-corrected chi connectivity index (χ3v) is 5.23. The van der Waals surface area contributed by atoms with Gasteiger partial charge in [0.2, 0.25) is 10.0 Å². The van der Waals surface area contributed by atoms with Gasteiger partial charge in [0.05, 0.1) is 10.0 Å². The van der Waals surface area contributed by atoms with Gasteiger partial charge in [0.15, 0.2) is 0 Å². The van der Waals surface area contributed by atoms with E-state index in [0.29, 0.717) is 0 Å². The Balaban J connectivity index is 3.15. The Labute approximate surface area is 124 Å². The minimum atomic E-state index is -3.75. The molecule has 0 aliphatic heterocycles. The zero-order valence-corrected chi connectivity index (χ0v) is 13.4. The van der Waals surface area contributed by atoms with Gasteiger partial charge in [0, 0.05) is 12.6 Å². The molecule has 0 amide bonds. The van der Waals surface area contributed by atoms with E-state index in [1.54, 1.807) is 0 Å². The molecule has 1 aromatic carbocycles. The summed E-state index contributed by atoms with van der Waals surface area (Å²) in [6, 6.07) is 4.09. The van der Waals surface area contributed by atoms with Crippen LogP contribution in [-0.2, 0) is 10.0 Å². The minimum Gasteiger partial charge on any atom is -0.329 e. The van der Waals surface area contributed by atoms with Crippen molar-refractivity contribution in [2.24, 2.45) is 11.1 Å². The smallest absolute Gasteiger partial charge is 0.242 e. The van der Waals surface area contributed by atoms with Gasteiger partial charge in [-0.25, -0.2) is 13.1 Å². The van der Waals surface area contributed by atoms with Crippen molar-refractivity contribution < 1.29 is 8.42 Å². The number of hydrogen-bond acceptors (Lipinski definition) is 3. The lowest BCUT2D eigenvalue weighted by Gasteiger charge is -2.30. The number of nitrogens with one attached hydrogen (secondary N) is 1. The molecule has 0 aromatic heterocycles. The van der Waals surface area contributed by atoms with Crippen LogP contribution in [0.4, 0.5) is 0 Å². The predicted octanol–water partition coefficient (Wildman–Crippen LogP) is 2.65. The van der Waals surface area contributed by atoms with Crippen molar-refractivity contribution in [3.63, 3.8) is 0 Å². The lowest BCUT2D eigenvalue weighted by Crippen LogP contribution is -2.48. The van der Waals surface area contributed by atoms with Gasteiger partial charge in [-0.15, -0.1) is 0 Å². The van der Waals surface area contributed by atoms with Crippen molar-refractivity contribution in [1.29, 1.82) is 0 Å². The van der Waals surface area contributed by atoms with Crippen LogP contribution in [-0.4, -0.2) is 21.0 Å². The molecule has 0 saturated heterocycles. The molecule has 0 bridgehead atoms. The molecule has 0 aliphatic carbocycles. The fourth-order valence-corrected chi connectivity index (χ4v) is 3.74. The van der Waals surface area contributed by atoms with Crippen LogP contribution in [0.1, 0.15) is 20.8 Å². The number of rotatable bonds is 4. The van der Waals surface area contributed by atoms with Crippen molar-refractivity contribution >= 4 is 33.2 Å². The van der Waals surface area contributed by atoms with Crippen molar-refractivity contribution in [3.8, 4) is 0 Å². The summed E-state index contributed by atoms with van der Waals surface area (Å²) in [5.41, 5.74) is 5.33. The van der Waals surface area contributed by atoms with E-state index in [2.05, 4.69) is 4.72 Å². The van der Waals surface area contributed by atoms with Gasteiger partial charge < -0.3 is 5.73 Å². The van der Waals surface area contributed by atoms with E-state index in [1.165, 1.54) is 18.2 Å². The molecule has 0 spiro atoms. The van der Waals surface area contributed by atoms with Crippen molar-refractivity contribution in [1.82, 2.24) is 4.72 Å². The number of hydrogen-bond donors (Lipinski definition) is 2. The second-order valence-electron chi connectivity index (χ2n) is 5.33. The molecule has 0 saturated carbocycles. The Bertz CT molecular complexity index is 553. The summed E-state index contributed by atoms with van der Waals surface area (Å²) in [7, 11) is -3.75. The van der Waals surface area contributed by atoms with Crippen LogP contribution >= 0.6 is 23.2 Å². The highest BCUT2D eigenvalue weighted by Crippen LogP contribution is 2.29. The van der Waals surface area contributed by atoms with Gasteiger partial charge in [0.25, 0.3) is 0 Å². The van der Waals surface area contributed by atoms with Crippen LogP contribution in [0.3, 0.4) is 0 Å². The molecule has 1 rings (SSSR count). The van der Waals surface area contributed by atoms with Crippen molar-refractivity contribution in [3.05, 3.63) is 28.2 Å². The maximum Gasteiger partial charge on any atom is 0.242 e. The van der Waals surface area contributed by atoms with Gasteiger partial charge in [-0.3, -0.25) is 0 Å². The molecular weight excluding hydrogens is 307 g/mol. The van der Waals surface area contributed by atoms with Gasteiger partial charge in [-0.2, -0.15) is 0 Å². The molecule has 108 valence electrons. The normalized spacial score (nSPS) is 14.4. The summed E-state index contributed by atoms with van der Waals surface area (Å²) in [5.74, 6) is 0. The van der Waals surface area contributed by atoms with Crippen LogP contribution in [0.25, 0.3) is 0 Å². The molecule has 4 nitrogen and oxygen atoms in total. The highest BCUT2D eigenvalue weighted by atomic mass is 35.5. The quantitative estimate of drug-likeness (QED) is 0.894. The number of nitrogens with two attached hydrogens (primary N) is 1. The van der Waals surface area contributed by atoms with E-state index in [4.69, 9.17) is 28.9 Å². The number of halogens is 2. The Kier molecular flexibility index (Phi) is 5.26. The average molecular weight is 325 g/mol. The minimum absolute atomic E-state index is 0.0151. The largest absolute Gasteiger partial charge is 0.329 e. The Hall–Kier alpha value is -0.330. The molecular formula is C12H18Cl2N2O2S. The van der Waals surface area contributed by atoms with E-state index in [1.807, 2.05) is 20.8 Å². The molecule has 0 fully saturated rings. The fraction of sp³-hybridized carbons (Fsp3) is 0.500. The summed E-state index contributed by atoms with van der Waals surface area (Å²) in [5, 5.41) is 0.214. The van der Waals surface area contributed by atoms with E-state index in [9.17, 15) is 8.42 Å². The van der Waals surface area contributed by atoms with Gasteiger partial charge in [-0.05, 0) is 17.5 Å². The molecule has 0 radical (unpaired) electrons. The van der Waals surface area contributed by atoms with E-state index < -0.39 is 16.1 Å². The first-order valence-electron chi connectivity index (χ1n) is 5.76. The average Bonchev–Trinajstić information content (AvgIpc) is 2.28. The van der Waals surface area contributed by atoms with Crippen LogP contribution in [0.15, 0.2) is 23.1 Å². The first-order chi connectivity index (χ1) is 8.59. The van der Waals surface area contributed by atoms with Crippen LogP contribution < -0.4 is 10.5 Å². The molecule has 1 unspecified atom stereocenters. The highest BCUT2D eigenvalue weighted by Gasteiger charge is 2.29. The summed E-state index contributed by atoms with van der Waals surface area (Å²) in [6.07, 6.45) is 0. The topological polar surface area (TPSA) is 72.2 Å². The molecule has 1 atom stereocenters. The lowest BCUT2D eigenvalue weighted by molar-refractivity contribution is 0.304. The maximum absolute atomic E-state index is 12.3. The van der Waals surface area contributed by atoms with E-state index in [-0.39, 0.29) is 26.9 Å². The van der Waals surface area contributed by atoms with Gasteiger partial charge in [-0.1, -0.05) is 50.0 Å². The number of sulfonamides is 1. The van der Waals surface area contributed by atoms with E-state index >= 15 is 0 Å². The van der Waals surface area contributed by atoms with Crippen LogP contribution in [0, 0.1) is 5.41 Å². The monoisotopic (exact) mass is 324 g/mol.